The van der Waals surface area contributed by atoms with E-state index in [1.54, 1.807) is 0 Å². The molecule has 1 fully saturated rings. The lowest BCUT2D eigenvalue weighted by atomic mass is 10.1. The number of carbonyl (C=O) groups is 3. The first kappa shape index (κ1) is 32.2. The number of hydrogen-bond donors (Lipinski definition) is 5. The van der Waals surface area contributed by atoms with E-state index in [4.69, 9.17) is 9.84 Å². The van der Waals surface area contributed by atoms with Gasteiger partial charge >= 0.3 is 11.6 Å². The van der Waals surface area contributed by atoms with E-state index in [0.29, 0.717) is 30.4 Å². The van der Waals surface area contributed by atoms with Crippen molar-refractivity contribution in [3.8, 4) is 0 Å². The minimum Gasteiger partial charge on any atom is -0.394 e. The quantitative estimate of drug-likeness (QED) is 0.188. The zero-order valence-electron chi connectivity index (χ0n) is 22.3. The van der Waals surface area contributed by atoms with Gasteiger partial charge in [0.25, 0.3) is 0 Å². The molecule has 1 aromatic rings. The van der Waals surface area contributed by atoms with Crippen LogP contribution in [0.25, 0.3) is 0 Å². The van der Waals surface area contributed by atoms with Crippen LogP contribution in [-0.4, -0.2) is 74.8 Å². The number of rotatable bonds is 16. The van der Waals surface area contributed by atoms with Crippen molar-refractivity contribution in [2.75, 3.05) is 18.5 Å². The summed E-state index contributed by atoms with van der Waals surface area (Å²) in [6.07, 6.45) is 1.19. The summed E-state index contributed by atoms with van der Waals surface area (Å²) in [5.74, 6) is -5.21. The van der Waals surface area contributed by atoms with Crippen LogP contribution in [-0.2, 0) is 19.1 Å². The second-order valence-corrected chi connectivity index (χ2v) is 9.58. The number of aliphatic hydroxyl groups excluding tert-OH is 2. The molecule has 12 nitrogen and oxygen atoms in total. The second-order valence-electron chi connectivity index (χ2n) is 9.58. The Morgan fingerprint density at radius 1 is 1.18 bits per heavy atom. The predicted molar refractivity (Wildman–Crippen MR) is 137 cm³/mol. The average Bonchev–Trinajstić information content (AvgIpc) is 3.10. The molecule has 2 rings (SSSR count). The molecule has 0 saturated carbocycles. The molecule has 1 aliphatic rings. The lowest BCUT2D eigenvalue weighted by molar-refractivity contribution is -0.141. The zero-order chi connectivity index (χ0) is 29.0. The van der Waals surface area contributed by atoms with Gasteiger partial charge in [0.1, 0.15) is 18.0 Å². The fourth-order valence-electron chi connectivity index (χ4n) is 4.15. The summed E-state index contributed by atoms with van der Waals surface area (Å²) in [5.41, 5.74) is -1.17. The highest BCUT2D eigenvalue weighted by atomic mass is 19.3. The third-order valence-electron chi connectivity index (χ3n) is 6.35. The molecule has 1 aliphatic heterocycles. The summed E-state index contributed by atoms with van der Waals surface area (Å²) < 4.78 is 34.2. The third-order valence-corrected chi connectivity index (χ3v) is 6.35. The number of halogens is 2. The molecule has 39 heavy (non-hydrogen) atoms. The van der Waals surface area contributed by atoms with E-state index in [1.165, 1.54) is 6.92 Å². The maximum Gasteiger partial charge on any atom is 0.351 e. The summed E-state index contributed by atoms with van der Waals surface area (Å²) in [6, 6.07) is 0.165. The number of unbranched alkanes of at least 4 members (excludes halogenated alkanes) is 5. The minimum atomic E-state index is -3.87. The molecule has 0 radical (unpaired) electrons. The Morgan fingerprint density at radius 2 is 1.90 bits per heavy atom. The van der Waals surface area contributed by atoms with Crippen LogP contribution < -0.4 is 21.6 Å². The van der Waals surface area contributed by atoms with Gasteiger partial charge in [-0.15, -0.1) is 0 Å². The van der Waals surface area contributed by atoms with Crippen LogP contribution >= 0.6 is 0 Å². The van der Waals surface area contributed by atoms with E-state index in [1.807, 2.05) is 0 Å². The second kappa shape index (κ2) is 15.6. The Kier molecular flexibility index (Phi) is 12.9. The van der Waals surface area contributed by atoms with Gasteiger partial charge in [0.2, 0.25) is 23.9 Å². The molecule has 1 aromatic heterocycles. The summed E-state index contributed by atoms with van der Waals surface area (Å²) in [4.78, 5) is 52.6. The van der Waals surface area contributed by atoms with Crippen LogP contribution in [0.2, 0.25) is 0 Å². The van der Waals surface area contributed by atoms with Crippen molar-refractivity contribution in [3.63, 3.8) is 0 Å². The van der Waals surface area contributed by atoms with E-state index in [0.717, 1.165) is 37.9 Å². The highest BCUT2D eigenvalue weighted by Crippen LogP contribution is 2.41. The van der Waals surface area contributed by atoms with Crippen LogP contribution in [0, 0.1) is 0 Å². The minimum absolute atomic E-state index is 0.177. The standard InChI is InChI=1S/C25H39F2N5O7/c1-3-4-5-6-7-11-20(35)29-17(10-8-9-13-28-16(2)34)22(37)30-19-12-14-32(24(38)31-19)23-25(26,27)21(36)18(15-33)39-23/h12,14,17-18,21,23,33,36H,3-11,13,15H2,1-2H3,(H,28,34)(H,29,35)(H,30,31,37,38)/t17-,18-,21-,23-/m1/s1. The van der Waals surface area contributed by atoms with Crippen LogP contribution in [0.5, 0.6) is 0 Å². The molecule has 220 valence electrons. The molecule has 14 heteroatoms. The molecule has 3 amide bonds. The van der Waals surface area contributed by atoms with Crippen molar-refractivity contribution < 1.29 is 38.1 Å². The first-order valence-electron chi connectivity index (χ1n) is 13.3. The molecule has 5 N–H and O–H groups in total. The zero-order valence-corrected chi connectivity index (χ0v) is 22.3. The number of alkyl halides is 2. The number of nitrogens with zero attached hydrogens (tertiary/aromatic N) is 2. The van der Waals surface area contributed by atoms with E-state index in [2.05, 4.69) is 27.9 Å². The van der Waals surface area contributed by atoms with Crippen molar-refractivity contribution in [1.82, 2.24) is 20.2 Å². The smallest absolute Gasteiger partial charge is 0.351 e. The van der Waals surface area contributed by atoms with Gasteiger partial charge in [0, 0.05) is 26.1 Å². The number of nitrogens with one attached hydrogen (secondary N) is 3. The number of carbonyl (C=O) groups excluding carboxylic acids is 3. The summed E-state index contributed by atoms with van der Waals surface area (Å²) in [6.45, 7) is 3.02. The Bertz CT molecular complexity index is 1020. The van der Waals surface area contributed by atoms with Crippen molar-refractivity contribution in [3.05, 3.63) is 22.7 Å². The average molecular weight is 560 g/mol. The molecular weight excluding hydrogens is 520 g/mol. The Labute approximate surface area is 225 Å². The molecule has 0 bridgehead atoms. The molecule has 1 saturated heterocycles. The van der Waals surface area contributed by atoms with Gasteiger partial charge in [0.05, 0.1) is 6.61 Å². The van der Waals surface area contributed by atoms with Gasteiger partial charge in [-0.25, -0.2) is 4.79 Å². The number of hydrogen-bond acceptors (Lipinski definition) is 8. The van der Waals surface area contributed by atoms with Gasteiger partial charge in [-0.1, -0.05) is 32.6 Å². The number of aliphatic hydroxyl groups is 2. The van der Waals surface area contributed by atoms with Crippen LogP contribution in [0.4, 0.5) is 14.6 Å². The topological polar surface area (TPSA) is 172 Å². The van der Waals surface area contributed by atoms with Crippen molar-refractivity contribution in [1.29, 1.82) is 0 Å². The van der Waals surface area contributed by atoms with Crippen molar-refractivity contribution in [2.24, 2.45) is 0 Å². The Balaban J connectivity index is 2.05. The SMILES string of the molecule is CCCCCCCC(=O)N[C@H](CCCCNC(C)=O)C(=O)Nc1ccn([C@@H]2O[C@H](CO)[C@@H](O)C2(F)F)c(=O)n1. The number of aromatic nitrogens is 2. The molecular formula is C25H39F2N5O7. The highest BCUT2D eigenvalue weighted by Gasteiger charge is 2.59. The highest BCUT2D eigenvalue weighted by molar-refractivity contribution is 5.96. The lowest BCUT2D eigenvalue weighted by Crippen LogP contribution is -2.44. The maximum atomic E-state index is 14.4. The molecule has 0 aliphatic carbocycles. The number of ether oxygens (including phenoxy) is 1. The van der Waals surface area contributed by atoms with Gasteiger partial charge in [0.15, 0.2) is 6.10 Å². The molecule has 2 heterocycles. The monoisotopic (exact) mass is 559 g/mol. The summed E-state index contributed by atoms with van der Waals surface area (Å²) in [5, 5.41) is 26.6. The van der Waals surface area contributed by atoms with E-state index in [9.17, 15) is 33.1 Å². The van der Waals surface area contributed by atoms with E-state index < -0.39 is 48.6 Å². The third kappa shape index (κ3) is 9.62. The fourth-order valence-corrected chi connectivity index (χ4v) is 4.15. The maximum absolute atomic E-state index is 14.4. The fraction of sp³-hybridized carbons (Fsp3) is 0.720. The van der Waals surface area contributed by atoms with Crippen molar-refractivity contribution >= 4 is 23.5 Å². The van der Waals surface area contributed by atoms with Gasteiger partial charge in [-0.05, 0) is 31.7 Å². The van der Waals surface area contributed by atoms with Crippen LogP contribution in [0.3, 0.4) is 0 Å². The number of amides is 3. The summed E-state index contributed by atoms with van der Waals surface area (Å²) in [7, 11) is 0. The van der Waals surface area contributed by atoms with Crippen molar-refractivity contribution in [2.45, 2.75) is 102 Å². The van der Waals surface area contributed by atoms with Gasteiger partial charge in [-0.2, -0.15) is 13.8 Å². The molecule has 4 atom stereocenters. The molecule has 0 aromatic carbocycles. The summed E-state index contributed by atoms with van der Waals surface area (Å²) >= 11 is 0. The van der Waals surface area contributed by atoms with Gasteiger partial charge < -0.3 is 30.9 Å². The predicted octanol–water partition coefficient (Wildman–Crippen LogP) is 1.22. The van der Waals surface area contributed by atoms with E-state index in [-0.39, 0.29) is 30.5 Å². The largest absolute Gasteiger partial charge is 0.394 e. The number of anilines is 1. The first-order valence-corrected chi connectivity index (χ1v) is 13.3. The lowest BCUT2D eigenvalue weighted by Gasteiger charge is -2.21. The Morgan fingerprint density at radius 3 is 2.51 bits per heavy atom. The normalized spacial score (nSPS) is 20.8. The van der Waals surface area contributed by atoms with Crippen LogP contribution in [0.15, 0.2) is 17.1 Å². The molecule has 0 spiro atoms. The van der Waals surface area contributed by atoms with Crippen LogP contribution in [0.1, 0.15) is 77.9 Å². The van der Waals surface area contributed by atoms with Gasteiger partial charge in [-0.3, -0.25) is 19.0 Å². The molecule has 0 unspecified atom stereocenters. The van der Waals surface area contributed by atoms with E-state index >= 15 is 0 Å². The first-order chi connectivity index (χ1) is 18.5. The Hall–Kier alpha value is -2.97.